The highest BCUT2D eigenvalue weighted by Crippen LogP contribution is 2.34. The zero-order chi connectivity index (χ0) is 14.1. The van der Waals surface area contributed by atoms with Crippen LogP contribution in [0.1, 0.15) is 15.9 Å². The number of nitrogens with one attached hydrogen (secondary N) is 1. The Hall–Kier alpha value is -1.33. The Morgan fingerprint density at radius 2 is 1.90 bits per heavy atom. The first-order chi connectivity index (χ1) is 9.65. The molecule has 0 saturated heterocycles. The molecule has 0 fully saturated rings. The van der Waals surface area contributed by atoms with Crippen molar-refractivity contribution in [2.75, 3.05) is 12.0 Å². The maximum Gasteiger partial charge on any atom is 0.257 e. The van der Waals surface area contributed by atoms with Crippen LogP contribution in [-0.2, 0) is 6.54 Å². The number of fused-ring (bicyclic) bond motifs is 1. The average Bonchev–Trinajstić information content (AvgIpc) is 2.43. The summed E-state index contributed by atoms with van der Waals surface area (Å²) in [4.78, 5) is 14.4. The maximum absolute atomic E-state index is 12.6. The van der Waals surface area contributed by atoms with E-state index in [1.165, 1.54) is 0 Å². The third-order valence-corrected chi connectivity index (χ3v) is 4.32. The molecule has 1 aliphatic rings. The molecule has 5 heteroatoms. The van der Waals surface area contributed by atoms with Crippen molar-refractivity contribution in [3.63, 3.8) is 0 Å². The second kappa shape index (κ2) is 5.58. The molecule has 0 saturated carbocycles. The summed E-state index contributed by atoms with van der Waals surface area (Å²) in [6.07, 6.45) is 0. The van der Waals surface area contributed by atoms with Crippen molar-refractivity contribution in [3.8, 4) is 0 Å². The van der Waals surface area contributed by atoms with Gasteiger partial charge in [-0.2, -0.15) is 0 Å². The van der Waals surface area contributed by atoms with Gasteiger partial charge in [-0.3, -0.25) is 4.79 Å². The molecule has 2 aromatic carbocycles. The number of anilines is 1. The first kappa shape index (κ1) is 13.6. The minimum atomic E-state index is 0.0459. The fourth-order valence-electron chi connectivity index (χ4n) is 2.27. The highest BCUT2D eigenvalue weighted by Gasteiger charge is 2.26. The zero-order valence-electron chi connectivity index (χ0n) is 10.6. The van der Waals surface area contributed by atoms with Crippen LogP contribution in [0.25, 0.3) is 0 Å². The lowest BCUT2D eigenvalue weighted by molar-refractivity contribution is 0.0746. The number of hydrogen-bond acceptors (Lipinski definition) is 2. The molecule has 1 aliphatic heterocycles. The van der Waals surface area contributed by atoms with Crippen LogP contribution in [0.5, 0.6) is 0 Å². The van der Waals surface area contributed by atoms with Crippen molar-refractivity contribution in [2.24, 2.45) is 0 Å². The number of benzene rings is 2. The van der Waals surface area contributed by atoms with E-state index in [0.29, 0.717) is 18.8 Å². The van der Waals surface area contributed by atoms with E-state index >= 15 is 0 Å². The van der Waals surface area contributed by atoms with Crippen molar-refractivity contribution in [2.45, 2.75) is 6.54 Å². The van der Waals surface area contributed by atoms with Gasteiger partial charge in [-0.15, -0.1) is 0 Å². The van der Waals surface area contributed by atoms with Gasteiger partial charge in [-0.25, -0.2) is 0 Å². The third-order valence-electron chi connectivity index (χ3n) is 3.24. The molecular weight excluding hydrogens is 384 g/mol. The Morgan fingerprint density at radius 3 is 2.65 bits per heavy atom. The number of halogens is 2. The standard InChI is InChI=1S/C15H12Br2N2O/c16-11-6-12-14(13(17)7-11)18-9-19(15(12)20)8-10-4-2-1-3-5-10/h1-7,18H,8-9H2. The number of amides is 1. The summed E-state index contributed by atoms with van der Waals surface area (Å²) in [6, 6.07) is 13.8. The molecule has 1 amide bonds. The van der Waals surface area contributed by atoms with Gasteiger partial charge in [0.05, 0.1) is 17.9 Å². The number of hydrogen-bond donors (Lipinski definition) is 1. The van der Waals surface area contributed by atoms with Crippen molar-refractivity contribution < 1.29 is 4.79 Å². The van der Waals surface area contributed by atoms with E-state index in [1.807, 2.05) is 42.5 Å². The molecule has 3 rings (SSSR count). The summed E-state index contributed by atoms with van der Waals surface area (Å²) in [7, 11) is 0. The molecule has 2 aromatic rings. The van der Waals surface area contributed by atoms with Gasteiger partial charge in [0.1, 0.15) is 0 Å². The number of nitrogens with zero attached hydrogens (tertiary/aromatic N) is 1. The third kappa shape index (κ3) is 2.60. The summed E-state index contributed by atoms with van der Waals surface area (Å²) in [5.41, 5.74) is 2.68. The van der Waals surface area contributed by atoms with Crippen molar-refractivity contribution in [1.29, 1.82) is 0 Å². The van der Waals surface area contributed by atoms with E-state index < -0.39 is 0 Å². The molecule has 3 nitrogen and oxygen atoms in total. The normalized spacial score (nSPS) is 13.9. The van der Waals surface area contributed by atoms with E-state index in [0.717, 1.165) is 20.2 Å². The Morgan fingerprint density at radius 1 is 1.15 bits per heavy atom. The summed E-state index contributed by atoms with van der Waals surface area (Å²) < 4.78 is 1.79. The van der Waals surface area contributed by atoms with Crippen LogP contribution in [0, 0.1) is 0 Å². The van der Waals surface area contributed by atoms with Gasteiger partial charge < -0.3 is 10.2 Å². The minimum absolute atomic E-state index is 0.0459. The van der Waals surface area contributed by atoms with Gasteiger partial charge in [-0.1, -0.05) is 46.3 Å². The van der Waals surface area contributed by atoms with E-state index in [4.69, 9.17) is 0 Å². The number of carbonyl (C=O) groups is 1. The van der Waals surface area contributed by atoms with Crippen LogP contribution in [0.2, 0.25) is 0 Å². The van der Waals surface area contributed by atoms with E-state index in [1.54, 1.807) is 4.90 Å². The van der Waals surface area contributed by atoms with Crippen LogP contribution < -0.4 is 5.32 Å². The van der Waals surface area contributed by atoms with Crippen LogP contribution in [-0.4, -0.2) is 17.5 Å². The molecule has 102 valence electrons. The van der Waals surface area contributed by atoms with Crippen molar-refractivity contribution in [3.05, 3.63) is 62.5 Å². The highest BCUT2D eigenvalue weighted by atomic mass is 79.9. The van der Waals surface area contributed by atoms with Crippen LogP contribution in [0.3, 0.4) is 0 Å². The largest absolute Gasteiger partial charge is 0.366 e. The van der Waals surface area contributed by atoms with Gasteiger partial charge in [0, 0.05) is 15.5 Å². The Balaban J connectivity index is 1.89. The van der Waals surface area contributed by atoms with Gasteiger partial charge in [0.15, 0.2) is 0 Å². The predicted octanol–water partition coefficient (Wildman–Crippen LogP) is 4.24. The van der Waals surface area contributed by atoms with Crippen LogP contribution in [0.4, 0.5) is 5.69 Å². The summed E-state index contributed by atoms with van der Waals surface area (Å²) in [5, 5.41) is 3.30. The second-order valence-electron chi connectivity index (χ2n) is 4.63. The smallest absolute Gasteiger partial charge is 0.257 e. The lowest BCUT2D eigenvalue weighted by Gasteiger charge is -2.30. The minimum Gasteiger partial charge on any atom is -0.366 e. The second-order valence-corrected chi connectivity index (χ2v) is 6.40. The predicted molar refractivity (Wildman–Crippen MR) is 86.6 cm³/mol. The Bertz CT molecular complexity index is 658. The van der Waals surface area contributed by atoms with Gasteiger partial charge in [0.2, 0.25) is 0 Å². The molecule has 20 heavy (non-hydrogen) atoms. The van der Waals surface area contributed by atoms with Crippen LogP contribution >= 0.6 is 31.9 Å². The quantitative estimate of drug-likeness (QED) is 0.824. The lowest BCUT2D eigenvalue weighted by Crippen LogP contribution is -2.39. The van der Waals surface area contributed by atoms with Crippen molar-refractivity contribution in [1.82, 2.24) is 4.90 Å². The van der Waals surface area contributed by atoms with Gasteiger partial charge >= 0.3 is 0 Å². The molecule has 0 aromatic heterocycles. The van der Waals surface area contributed by atoms with E-state index in [-0.39, 0.29) is 5.91 Å². The highest BCUT2D eigenvalue weighted by molar-refractivity contribution is 9.11. The molecule has 0 spiro atoms. The molecule has 0 radical (unpaired) electrons. The Kier molecular flexibility index (Phi) is 3.81. The average molecular weight is 396 g/mol. The summed E-state index contributed by atoms with van der Waals surface area (Å²) in [5.74, 6) is 0.0459. The fourth-order valence-corrected chi connectivity index (χ4v) is 3.64. The molecule has 0 bridgehead atoms. The van der Waals surface area contributed by atoms with Crippen LogP contribution in [0.15, 0.2) is 51.4 Å². The zero-order valence-corrected chi connectivity index (χ0v) is 13.7. The van der Waals surface area contributed by atoms with E-state index in [2.05, 4.69) is 37.2 Å². The molecule has 0 unspecified atom stereocenters. The topological polar surface area (TPSA) is 32.3 Å². The molecule has 0 aliphatic carbocycles. The molecular formula is C15H12Br2N2O. The SMILES string of the molecule is O=C1c2cc(Br)cc(Br)c2NCN1Cc1ccccc1. The monoisotopic (exact) mass is 394 g/mol. The Labute approximate surface area is 134 Å². The summed E-state index contributed by atoms with van der Waals surface area (Å²) in [6.45, 7) is 1.12. The van der Waals surface area contributed by atoms with Gasteiger partial charge in [-0.05, 0) is 33.6 Å². The fraction of sp³-hybridized carbons (Fsp3) is 0.133. The van der Waals surface area contributed by atoms with Gasteiger partial charge in [0.25, 0.3) is 5.91 Å². The summed E-state index contributed by atoms with van der Waals surface area (Å²) >= 11 is 6.91. The first-order valence-electron chi connectivity index (χ1n) is 6.21. The maximum atomic E-state index is 12.6. The number of carbonyl (C=O) groups excluding carboxylic acids is 1. The molecule has 1 heterocycles. The van der Waals surface area contributed by atoms with E-state index in [9.17, 15) is 4.79 Å². The molecule has 1 N–H and O–H groups in total. The number of rotatable bonds is 2. The first-order valence-corrected chi connectivity index (χ1v) is 7.80. The molecule has 0 atom stereocenters. The van der Waals surface area contributed by atoms with Crippen molar-refractivity contribution >= 4 is 43.5 Å². The lowest BCUT2D eigenvalue weighted by atomic mass is 10.1.